The highest BCUT2D eigenvalue weighted by Gasteiger charge is 2.49. The molecule has 0 spiro atoms. The maximum Gasteiger partial charge on any atom is 0.253 e. The summed E-state index contributed by atoms with van der Waals surface area (Å²) in [5, 5.41) is 4.99. The molecule has 0 bridgehead atoms. The molecule has 0 atom stereocenters. The summed E-state index contributed by atoms with van der Waals surface area (Å²) in [5.41, 5.74) is 36.6. The SMILES string of the molecule is CC(C)(C)c1cc2c3c(c1)N(c1c(-c4ccccc4)cccc1-c1ccccc1)c1cc(-n4c5ccc(C(C)(C)C)cc5c5cc(C(C)(C)C)ccc54)cc(-c4ccccc4)c1B3c1c(-c3ccccc3)cc(-n3c4ccc(C(C)(C)C)cc4c4cc(C(C)(C)C)ccc43)cc1N2c1c(-c2ccccc2)cccc1-c1ccccc1. The fourth-order valence-electron chi connectivity index (χ4n) is 18.5. The van der Waals surface area contributed by atoms with Gasteiger partial charge < -0.3 is 18.9 Å². The van der Waals surface area contributed by atoms with Crippen LogP contribution >= 0.6 is 0 Å². The van der Waals surface area contributed by atoms with Crippen LogP contribution in [0.15, 0.2) is 328 Å². The summed E-state index contributed by atoms with van der Waals surface area (Å²) in [6.07, 6.45) is 0. The minimum atomic E-state index is -0.401. The zero-order valence-electron chi connectivity index (χ0n) is 69.0. The van der Waals surface area contributed by atoms with Crippen LogP contribution in [0.3, 0.4) is 0 Å². The van der Waals surface area contributed by atoms with E-state index in [4.69, 9.17) is 0 Å². The first-order valence-electron chi connectivity index (χ1n) is 41.2. The van der Waals surface area contributed by atoms with E-state index in [1.807, 2.05) is 0 Å². The minimum Gasteiger partial charge on any atom is -0.310 e. The van der Waals surface area contributed by atoms with Gasteiger partial charge in [0.1, 0.15) is 0 Å². The van der Waals surface area contributed by atoms with E-state index < -0.39 is 6.71 Å². The lowest BCUT2D eigenvalue weighted by molar-refractivity contribution is 0.590. The van der Waals surface area contributed by atoms with Gasteiger partial charge in [0.2, 0.25) is 0 Å². The van der Waals surface area contributed by atoms with Crippen molar-refractivity contribution in [1.82, 2.24) is 9.13 Å². The molecular weight excluding hydrogens is 1390 g/mol. The van der Waals surface area contributed by atoms with Gasteiger partial charge in [-0.25, -0.2) is 0 Å². The lowest BCUT2D eigenvalue weighted by Crippen LogP contribution is -2.62. The smallest absolute Gasteiger partial charge is 0.253 e. The Bertz CT molecular complexity index is 6040. The Labute approximate surface area is 679 Å². The molecule has 17 aromatic rings. The van der Waals surface area contributed by atoms with Gasteiger partial charge in [0.25, 0.3) is 6.71 Å². The zero-order valence-corrected chi connectivity index (χ0v) is 69.0. The summed E-state index contributed by atoms with van der Waals surface area (Å²) in [6.45, 7) is 34.9. The van der Waals surface area contributed by atoms with Gasteiger partial charge in [-0.05, 0) is 201 Å². The van der Waals surface area contributed by atoms with Gasteiger partial charge in [0, 0.05) is 77.9 Å². The fourth-order valence-corrected chi connectivity index (χ4v) is 18.5. The summed E-state index contributed by atoms with van der Waals surface area (Å²) in [5.74, 6) is 0. The molecule has 4 heterocycles. The van der Waals surface area contributed by atoms with Crippen LogP contribution in [0.4, 0.5) is 34.1 Å². The van der Waals surface area contributed by atoms with Crippen molar-refractivity contribution in [3.63, 3.8) is 0 Å². The van der Waals surface area contributed by atoms with Crippen molar-refractivity contribution in [2.75, 3.05) is 9.80 Å². The topological polar surface area (TPSA) is 16.3 Å². The van der Waals surface area contributed by atoms with Crippen molar-refractivity contribution in [2.24, 2.45) is 0 Å². The molecule has 19 rings (SSSR count). The normalized spacial score (nSPS) is 13.1. The number of hydrogen-bond donors (Lipinski definition) is 0. The molecule has 2 aromatic heterocycles. The van der Waals surface area contributed by atoms with Crippen LogP contribution in [0.1, 0.15) is 132 Å². The van der Waals surface area contributed by atoms with E-state index in [9.17, 15) is 0 Å². The van der Waals surface area contributed by atoms with Gasteiger partial charge in [0.15, 0.2) is 0 Å². The number of nitrogens with zero attached hydrogens (tertiary/aromatic N) is 4. The number of benzene rings is 15. The molecule has 5 heteroatoms. The quantitative estimate of drug-likeness (QED) is 0.127. The Morgan fingerprint density at radius 3 is 0.678 bits per heavy atom. The second-order valence-electron chi connectivity index (χ2n) is 37.3. The molecule has 115 heavy (non-hydrogen) atoms. The van der Waals surface area contributed by atoms with Crippen LogP contribution in [0.2, 0.25) is 0 Å². The van der Waals surface area contributed by atoms with E-state index in [1.54, 1.807) is 0 Å². The van der Waals surface area contributed by atoms with Crippen LogP contribution in [-0.2, 0) is 27.1 Å². The lowest BCUT2D eigenvalue weighted by Gasteiger charge is -2.47. The number of aromatic nitrogens is 2. The largest absolute Gasteiger partial charge is 0.310 e. The summed E-state index contributed by atoms with van der Waals surface area (Å²) in [7, 11) is 0. The van der Waals surface area contributed by atoms with Crippen LogP contribution in [-0.4, -0.2) is 15.8 Å². The predicted molar refractivity (Wildman–Crippen MR) is 495 cm³/mol. The number of rotatable bonds is 10. The second-order valence-corrected chi connectivity index (χ2v) is 37.3. The average Bonchev–Trinajstić information content (AvgIpc) is 0.808. The Morgan fingerprint density at radius 2 is 0.435 bits per heavy atom. The average molecular weight is 1490 g/mol. The Kier molecular flexibility index (Phi) is 17.2. The van der Waals surface area contributed by atoms with Crippen LogP contribution < -0.4 is 26.2 Å². The number of hydrogen-bond acceptors (Lipinski definition) is 2. The third-order valence-corrected chi connectivity index (χ3v) is 24.7. The predicted octanol–water partition coefficient (Wildman–Crippen LogP) is 28.5. The van der Waals surface area contributed by atoms with Crippen molar-refractivity contribution in [1.29, 1.82) is 0 Å². The molecule has 0 amide bonds. The highest BCUT2D eigenvalue weighted by molar-refractivity contribution is 7.02. The first-order valence-corrected chi connectivity index (χ1v) is 41.2. The summed E-state index contributed by atoms with van der Waals surface area (Å²) < 4.78 is 5.21. The van der Waals surface area contributed by atoms with E-state index in [1.165, 1.54) is 87.8 Å². The Balaban J connectivity index is 1.05. The van der Waals surface area contributed by atoms with Gasteiger partial charge in [-0.2, -0.15) is 0 Å². The summed E-state index contributed by atoms with van der Waals surface area (Å²) >= 11 is 0. The molecular formula is C110H99BN4. The molecule has 0 saturated heterocycles. The molecule has 0 fully saturated rings. The van der Waals surface area contributed by atoms with Crippen molar-refractivity contribution < 1.29 is 0 Å². The molecule has 2 aliphatic rings. The molecule has 4 nitrogen and oxygen atoms in total. The van der Waals surface area contributed by atoms with E-state index in [0.29, 0.717) is 0 Å². The van der Waals surface area contributed by atoms with Gasteiger partial charge in [-0.3, -0.25) is 0 Å². The van der Waals surface area contributed by atoms with E-state index in [2.05, 4.69) is 450 Å². The maximum atomic E-state index is 2.76. The molecule has 0 radical (unpaired) electrons. The van der Waals surface area contributed by atoms with Crippen molar-refractivity contribution >= 4 is 101 Å². The van der Waals surface area contributed by atoms with Crippen LogP contribution in [0, 0.1) is 0 Å². The van der Waals surface area contributed by atoms with Gasteiger partial charge in [0.05, 0.1) is 33.4 Å². The van der Waals surface area contributed by atoms with Crippen molar-refractivity contribution in [3.8, 4) is 78.1 Å². The molecule has 0 N–H and O–H groups in total. The molecule has 15 aromatic carbocycles. The standard InChI is InChI=1S/C110H99BN4/c1-106(2,3)76-52-56-93-89(60-76)90-61-77(107(4,5)6)53-57-94(90)112(93)81-66-87(74-44-30-20-31-45-74)101-99(68-81)114(104-83(70-36-22-16-23-37-70)48-34-49-84(104)71-38-24-17-25-39-71)97-64-80(110(13,14)15)65-98-103(97)111(101)102-88(75-46-32-21-33-47-75)67-82(113-95-58-54-78(108(7,8)9)62-91(95)92-63-79(109(10,11)12)55-59-96(92)113)69-100(102)115(98)105-85(72-40-26-18-27-41-72)50-35-51-86(105)73-42-28-19-29-43-73/h16-69H,1-15H3. The van der Waals surface area contributed by atoms with Crippen LogP contribution in [0.25, 0.3) is 122 Å². The van der Waals surface area contributed by atoms with Gasteiger partial charge >= 0.3 is 0 Å². The second kappa shape index (κ2) is 27.1. The third kappa shape index (κ3) is 12.3. The number of para-hydroxylation sites is 2. The highest BCUT2D eigenvalue weighted by atomic mass is 15.2. The maximum absolute atomic E-state index is 2.76. The molecule has 0 saturated carbocycles. The Morgan fingerprint density at radius 1 is 0.200 bits per heavy atom. The minimum absolute atomic E-state index is 0.0917. The first-order chi connectivity index (χ1) is 55.2. The fraction of sp³-hybridized carbons (Fsp3) is 0.182. The molecule has 0 aliphatic carbocycles. The first kappa shape index (κ1) is 72.8. The van der Waals surface area contributed by atoms with Crippen molar-refractivity contribution in [3.05, 3.63) is 355 Å². The molecule has 0 unspecified atom stereocenters. The van der Waals surface area contributed by atoms with E-state index in [0.717, 1.165) is 112 Å². The Hall–Kier alpha value is -12.4. The number of fused-ring (bicyclic) bond motifs is 10. The van der Waals surface area contributed by atoms with E-state index >= 15 is 0 Å². The van der Waals surface area contributed by atoms with Gasteiger partial charge in [-0.15, -0.1) is 0 Å². The summed E-state index contributed by atoms with van der Waals surface area (Å²) in [4.78, 5) is 5.53. The van der Waals surface area contributed by atoms with Gasteiger partial charge in [-0.1, -0.05) is 347 Å². The van der Waals surface area contributed by atoms with Crippen molar-refractivity contribution in [2.45, 2.75) is 131 Å². The monoisotopic (exact) mass is 1490 g/mol. The summed E-state index contributed by atoms with van der Waals surface area (Å²) in [6, 6.07) is 126. The highest BCUT2D eigenvalue weighted by Crippen LogP contribution is 2.56. The third-order valence-electron chi connectivity index (χ3n) is 24.7. The number of anilines is 6. The molecule has 2 aliphatic heterocycles. The molecule has 562 valence electrons. The zero-order chi connectivity index (χ0) is 79.4. The van der Waals surface area contributed by atoms with Crippen LogP contribution in [0.5, 0.6) is 0 Å². The lowest BCUT2D eigenvalue weighted by atomic mass is 9.31. The van der Waals surface area contributed by atoms with E-state index in [-0.39, 0.29) is 27.1 Å².